The van der Waals surface area contributed by atoms with E-state index in [0.29, 0.717) is 55.5 Å². The van der Waals surface area contributed by atoms with Gasteiger partial charge in [-0.1, -0.05) is 229 Å². The number of halogens is 5. The van der Waals surface area contributed by atoms with Crippen LogP contribution in [0.4, 0.5) is 9.59 Å². The minimum absolute atomic E-state index is 0. The molecule has 8 aromatic rings. The molecule has 0 saturated carbocycles. The van der Waals surface area contributed by atoms with Crippen molar-refractivity contribution < 1.29 is 59.3 Å². The number of amides is 2. The number of carbonyl (C=O) groups is 2. The SMILES string of the molecule is CC(C)(C)OC(=O)N1CC=C(B2OC(C)(C)C(C)(C)O2)CC1.CC(C)(C)OC(=O)N1CC=C(c2ncc(CC#N)cc2Cl)CC1.N#CCc1cnc(Cl)c(Cl)c1.O=[C-]OO.[Cl][Pd][Cl].[Na].[Na].c1ccc(P(c2ccccc2)c2ccccc2)cc1.c1ccc(P(c2ccccc2)c2ccccc2)cc1. The summed E-state index contributed by atoms with van der Waals surface area (Å²) in [6.07, 6.45) is 8.62. The summed E-state index contributed by atoms with van der Waals surface area (Å²) in [5.41, 5.74) is 2.79. The van der Waals surface area contributed by atoms with Gasteiger partial charge in [0.05, 0.1) is 51.9 Å². The van der Waals surface area contributed by atoms with E-state index < -0.39 is 27.0 Å². The first-order chi connectivity index (χ1) is 48.2. The monoisotopic (exact) mass is 1640 g/mol. The van der Waals surface area contributed by atoms with E-state index in [4.69, 9.17) is 93.2 Å². The standard InChI is InChI=1S/2C18H15P.C17H20ClN3O2.C16H28BNO4.C7H4Cl2N2.CHO3.2ClH.2Na.Pd/c2*1-4-10-16(11-5-1)19(17-12-6-2-7-13-17)18-14-8-3-9-15-18;1-17(2,3)23-16(22)21-8-5-13(6-9-21)15-14(18)10-12(4-7-19)11-20-15;1-14(2,3)20-13(19)18-10-8-12(9-11-18)17-21-15(4,5)16(6,7)22-17;8-6-3-5(1-2-10)4-11-7(6)9;2-1-4-3;;;;;/h2*1-15H;5,10-11H,4,6,8-9H2,1-3H3;8H,9-11H2,1-7H3;3-4H,1H2;3H;2*1H;;;/q;;;;;-1;;;;;+2/p-2. The van der Waals surface area contributed by atoms with Crippen LogP contribution in [-0.2, 0) is 57.2 Å². The Bertz CT molecular complexity index is 3680. The molecule has 6 aromatic carbocycles. The molecule has 2 radical (unpaired) electrons. The molecule has 536 valence electrons. The molecule has 2 aromatic heterocycles. The molecule has 11 rings (SSSR count). The Morgan fingerprint density at radius 1 is 0.573 bits per heavy atom. The van der Waals surface area contributed by atoms with Gasteiger partial charge in [0.2, 0.25) is 0 Å². The minimum atomic E-state index is -0.498. The van der Waals surface area contributed by atoms with E-state index >= 15 is 0 Å². The second kappa shape index (κ2) is 47.6. The van der Waals surface area contributed by atoms with E-state index in [9.17, 15) is 9.59 Å². The molecule has 0 atom stereocenters. The van der Waals surface area contributed by atoms with Gasteiger partial charge in [0.25, 0.3) is 0 Å². The molecule has 1 saturated heterocycles. The maximum absolute atomic E-state index is 12.1. The summed E-state index contributed by atoms with van der Waals surface area (Å²) in [6, 6.07) is 72.1. The summed E-state index contributed by atoms with van der Waals surface area (Å²) in [5.74, 6) is 0. The zero-order valence-corrected chi connectivity index (χ0v) is 71.1. The number of ether oxygens (including phenoxy) is 2. The first-order valence-corrected chi connectivity index (χ1v) is 39.8. The van der Waals surface area contributed by atoms with Crippen molar-refractivity contribution in [1.29, 1.82) is 10.5 Å². The van der Waals surface area contributed by atoms with Crippen LogP contribution in [0.3, 0.4) is 0 Å². The summed E-state index contributed by atoms with van der Waals surface area (Å²) in [4.78, 5) is 46.9. The van der Waals surface area contributed by atoms with Crippen LogP contribution in [0.25, 0.3) is 5.57 Å². The molecule has 3 aliphatic heterocycles. The number of hydrogen-bond donors (Lipinski definition) is 1. The van der Waals surface area contributed by atoms with Crippen molar-refractivity contribution in [3.05, 3.63) is 256 Å². The molecule has 3 aliphatic rings. The molecule has 0 aliphatic carbocycles. The molecule has 1 N–H and O–H groups in total. The Labute approximate surface area is 686 Å². The fourth-order valence-electron chi connectivity index (χ4n) is 9.67. The van der Waals surface area contributed by atoms with Crippen LogP contribution in [0.2, 0.25) is 15.2 Å². The minimum Gasteiger partial charge on any atom is -0.0622 e. The Morgan fingerprint density at radius 2 is 0.883 bits per heavy atom. The Morgan fingerprint density at radius 3 is 1.15 bits per heavy atom. The molecule has 0 unspecified atom stereocenters. The zero-order valence-electron chi connectivity index (χ0n) is 60.0. The zero-order chi connectivity index (χ0) is 74.0. The predicted octanol–water partition coefficient (Wildman–Crippen LogP) is 16.5. The van der Waals surface area contributed by atoms with Crippen molar-refractivity contribution in [2.45, 2.75) is 117 Å². The third kappa shape index (κ3) is 32.2. The molecule has 0 spiro atoms. The van der Waals surface area contributed by atoms with Gasteiger partial charge in [0.15, 0.2) is 0 Å². The Hall–Kier alpha value is -4.99. The number of carbonyl (C=O) groups excluding carboxylic acids is 3. The first kappa shape index (κ1) is 92.2. The summed E-state index contributed by atoms with van der Waals surface area (Å²) in [5, 5.41) is 33.6. The summed E-state index contributed by atoms with van der Waals surface area (Å²) in [6.45, 7) is 22.3. The molecule has 26 heteroatoms. The molecule has 103 heavy (non-hydrogen) atoms. The maximum atomic E-state index is 12.1. The van der Waals surface area contributed by atoms with Crippen LogP contribution in [0.1, 0.15) is 98.9 Å². The van der Waals surface area contributed by atoms with Crippen molar-refractivity contribution in [1.82, 2.24) is 19.8 Å². The van der Waals surface area contributed by atoms with E-state index in [1.807, 2.05) is 87.5 Å². The van der Waals surface area contributed by atoms with Gasteiger partial charge in [0, 0.05) is 97.7 Å². The Kier molecular flexibility index (Phi) is 42.6. The van der Waals surface area contributed by atoms with Gasteiger partial charge < -0.3 is 38.3 Å². The van der Waals surface area contributed by atoms with E-state index in [-0.39, 0.29) is 111 Å². The van der Waals surface area contributed by atoms with Crippen LogP contribution in [0, 0.1) is 22.7 Å². The van der Waals surface area contributed by atoms with Crippen LogP contribution < -0.4 is 31.8 Å². The van der Waals surface area contributed by atoms with E-state index in [2.05, 4.69) is 203 Å². The van der Waals surface area contributed by atoms with E-state index in [1.54, 1.807) is 28.1 Å². The number of nitriles is 2. The average molecular weight is 1640 g/mol. The first-order valence-electron chi connectivity index (χ1n) is 32.0. The second-order valence-electron chi connectivity index (χ2n) is 25.3. The average Bonchev–Trinajstić information content (AvgIpc) is 1.63. The van der Waals surface area contributed by atoms with Gasteiger partial charge in [-0.3, -0.25) is 4.98 Å². The Balaban J connectivity index is 0.000000329. The molecule has 1 fully saturated rings. The number of aromatic nitrogens is 2. The van der Waals surface area contributed by atoms with Crippen molar-refractivity contribution >= 4 is 192 Å². The smallest absolute Gasteiger partial charge is 0 e. The quantitative estimate of drug-likeness (QED) is 0.0244. The largest absolute Gasteiger partial charge is 0.0622 e. The number of hydrogen-bond acceptors (Lipinski definition) is 13. The van der Waals surface area contributed by atoms with E-state index in [1.165, 1.54) is 38.0 Å². The van der Waals surface area contributed by atoms with Crippen molar-refractivity contribution in [2.75, 3.05) is 26.2 Å². The van der Waals surface area contributed by atoms with Crippen molar-refractivity contribution in [2.24, 2.45) is 0 Å². The van der Waals surface area contributed by atoms with Gasteiger partial charge in [-0.2, -0.15) is 10.5 Å². The van der Waals surface area contributed by atoms with Gasteiger partial charge >= 0.3 is 54.3 Å². The maximum Gasteiger partial charge on any atom is 0 e. The molecule has 5 heterocycles. The summed E-state index contributed by atoms with van der Waals surface area (Å²) >= 11 is 17.4. The third-order valence-electron chi connectivity index (χ3n) is 15.1. The van der Waals surface area contributed by atoms with Crippen LogP contribution in [0.15, 0.2) is 224 Å². The molecule has 15 nitrogen and oxygen atoms in total. The number of nitrogens with zero attached hydrogens (tertiary/aromatic N) is 6. The number of benzene rings is 6. The molecular formula is C77H83BCl5N6Na2O9P2Pd-. The van der Waals surface area contributed by atoms with Gasteiger partial charge in [0.1, 0.15) is 16.4 Å². The molecule has 2 amide bonds. The van der Waals surface area contributed by atoms with Crippen LogP contribution in [0.5, 0.6) is 0 Å². The summed E-state index contributed by atoms with van der Waals surface area (Å²) < 4.78 is 22.9. The summed E-state index contributed by atoms with van der Waals surface area (Å²) in [7, 11) is 8.42. The number of pyridine rings is 2. The second-order valence-corrected chi connectivity index (χ2v) is 33.3. The fourth-order valence-corrected chi connectivity index (χ4v) is 14.9. The topological polar surface area (TPSA) is 197 Å². The van der Waals surface area contributed by atoms with Gasteiger partial charge in [-0.25, -0.2) is 19.8 Å². The molecular weight excluding hydrogens is 1560 g/mol. The van der Waals surface area contributed by atoms with Gasteiger partial charge in [-0.15, -0.1) is 0 Å². The van der Waals surface area contributed by atoms with Gasteiger partial charge in [-0.05, 0) is 171 Å². The van der Waals surface area contributed by atoms with Crippen molar-refractivity contribution in [3.8, 4) is 12.1 Å². The number of rotatable bonds is 11. The van der Waals surface area contributed by atoms with E-state index in [0.717, 1.165) is 40.8 Å². The fraction of sp³-hybridized carbons (Fsp3) is 0.286. The predicted molar refractivity (Wildman–Crippen MR) is 422 cm³/mol. The van der Waals surface area contributed by atoms with Crippen LogP contribution >= 0.6 is 69.7 Å². The van der Waals surface area contributed by atoms with Crippen LogP contribution in [-0.4, -0.2) is 158 Å². The normalized spacial score (nSPS) is 13.8. The van der Waals surface area contributed by atoms with Crippen molar-refractivity contribution in [3.63, 3.8) is 0 Å². The molecule has 0 bridgehead atoms. The third-order valence-corrected chi connectivity index (χ3v) is 20.9.